The largest absolute Gasteiger partial charge is 0.486 e. The van der Waals surface area contributed by atoms with Gasteiger partial charge in [0.15, 0.2) is 11.5 Å². The minimum Gasteiger partial charge on any atom is -0.486 e. The van der Waals surface area contributed by atoms with Gasteiger partial charge in [-0.25, -0.2) is 0 Å². The lowest BCUT2D eigenvalue weighted by Crippen LogP contribution is -2.32. The van der Waals surface area contributed by atoms with Gasteiger partial charge < -0.3 is 20.1 Å². The van der Waals surface area contributed by atoms with E-state index in [9.17, 15) is 9.59 Å². The van der Waals surface area contributed by atoms with Crippen molar-refractivity contribution in [3.63, 3.8) is 0 Å². The number of anilines is 1. The zero-order chi connectivity index (χ0) is 21.0. The molecule has 0 fully saturated rings. The summed E-state index contributed by atoms with van der Waals surface area (Å²) in [6.07, 6.45) is 2.95. The Bertz CT molecular complexity index is 962. The molecular formula is C22H23ClN2O4. The molecule has 152 valence electrons. The number of nitrogens with one attached hydrogen (secondary N) is 2. The molecule has 0 saturated heterocycles. The fourth-order valence-electron chi connectivity index (χ4n) is 3.19. The van der Waals surface area contributed by atoms with Crippen LogP contribution in [0.25, 0.3) is 6.08 Å². The van der Waals surface area contributed by atoms with Crippen molar-refractivity contribution in [3.05, 3.63) is 57.6 Å². The van der Waals surface area contributed by atoms with Gasteiger partial charge in [0.25, 0.3) is 0 Å². The fraction of sp³-hybridized carbons (Fsp3) is 0.273. The van der Waals surface area contributed by atoms with E-state index in [1.165, 1.54) is 6.08 Å². The van der Waals surface area contributed by atoms with E-state index in [0.717, 1.165) is 22.4 Å². The average Bonchev–Trinajstić information content (AvgIpc) is 2.67. The summed E-state index contributed by atoms with van der Waals surface area (Å²) in [5.74, 6) is 0.387. The Kier molecular flexibility index (Phi) is 6.44. The summed E-state index contributed by atoms with van der Waals surface area (Å²) < 4.78 is 11.0. The number of ether oxygens (including phenoxy) is 2. The van der Waals surface area contributed by atoms with Gasteiger partial charge in [-0.3, -0.25) is 9.59 Å². The molecule has 6 nitrogen and oxygen atoms in total. The third-order valence-corrected chi connectivity index (χ3v) is 4.69. The Balaban J connectivity index is 1.56. The normalized spacial score (nSPS) is 12.7. The van der Waals surface area contributed by atoms with Crippen molar-refractivity contribution < 1.29 is 19.1 Å². The van der Waals surface area contributed by atoms with Crippen LogP contribution in [0, 0.1) is 20.8 Å². The third kappa shape index (κ3) is 5.29. The maximum Gasteiger partial charge on any atom is 0.244 e. The van der Waals surface area contributed by atoms with Gasteiger partial charge in [-0.2, -0.15) is 0 Å². The molecule has 0 aliphatic carbocycles. The van der Waals surface area contributed by atoms with Crippen LogP contribution < -0.4 is 20.1 Å². The Morgan fingerprint density at radius 3 is 2.48 bits per heavy atom. The molecule has 2 amide bonds. The summed E-state index contributed by atoms with van der Waals surface area (Å²) in [5, 5.41) is 5.85. The van der Waals surface area contributed by atoms with E-state index in [0.29, 0.717) is 35.3 Å². The molecule has 2 aromatic carbocycles. The highest BCUT2D eigenvalue weighted by Crippen LogP contribution is 2.38. The molecule has 3 rings (SSSR count). The summed E-state index contributed by atoms with van der Waals surface area (Å²) in [7, 11) is 0. The molecule has 0 spiro atoms. The van der Waals surface area contributed by atoms with Crippen molar-refractivity contribution in [1.82, 2.24) is 5.32 Å². The standard InChI is InChI=1S/C22H23ClN2O4/c1-13-8-14(2)21(15(3)9-13)25-20(27)12-24-19(26)5-4-16-10-17(23)22-18(11-16)28-6-7-29-22/h4-5,8-11H,6-7,12H2,1-3H3,(H,24,26)(H,25,27)/b5-4+. The van der Waals surface area contributed by atoms with Crippen LogP contribution in [0.5, 0.6) is 11.5 Å². The molecule has 1 aliphatic heterocycles. The maximum atomic E-state index is 12.2. The third-order valence-electron chi connectivity index (χ3n) is 4.41. The molecule has 0 radical (unpaired) electrons. The van der Waals surface area contributed by atoms with Gasteiger partial charge in [0.2, 0.25) is 11.8 Å². The van der Waals surface area contributed by atoms with Crippen molar-refractivity contribution in [2.75, 3.05) is 25.1 Å². The van der Waals surface area contributed by atoms with Gasteiger partial charge >= 0.3 is 0 Å². The van der Waals surface area contributed by atoms with E-state index in [-0.39, 0.29) is 18.4 Å². The number of fused-ring (bicyclic) bond motifs is 1. The van der Waals surface area contributed by atoms with Crippen molar-refractivity contribution in [2.45, 2.75) is 20.8 Å². The smallest absolute Gasteiger partial charge is 0.244 e. The lowest BCUT2D eigenvalue weighted by atomic mass is 10.1. The van der Waals surface area contributed by atoms with Crippen molar-refractivity contribution in [3.8, 4) is 11.5 Å². The van der Waals surface area contributed by atoms with E-state index >= 15 is 0 Å². The first-order valence-electron chi connectivity index (χ1n) is 9.26. The summed E-state index contributed by atoms with van der Waals surface area (Å²) in [5.41, 5.74) is 4.58. The number of hydrogen-bond donors (Lipinski definition) is 2. The Labute approximate surface area is 174 Å². The highest BCUT2D eigenvalue weighted by Gasteiger charge is 2.16. The summed E-state index contributed by atoms with van der Waals surface area (Å²) in [6.45, 7) is 6.66. The lowest BCUT2D eigenvalue weighted by Gasteiger charge is -2.19. The number of aryl methyl sites for hydroxylation is 3. The van der Waals surface area contributed by atoms with E-state index < -0.39 is 0 Å². The second kappa shape index (κ2) is 9.01. The van der Waals surface area contributed by atoms with Crippen LogP contribution in [0.15, 0.2) is 30.3 Å². The number of benzene rings is 2. The zero-order valence-electron chi connectivity index (χ0n) is 16.6. The maximum absolute atomic E-state index is 12.2. The first-order valence-corrected chi connectivity index (χ1v) is 9.64. The SMILES string of the molecule is Cc1cc(C)c(NC(=O)CNC(=O)/C=C/c2cc(Cl)c3c(c2)OCCO3)c(C)c1. The van der Waals surface area contributed by atoms with Gasteiger partial charge in [0.05, 0.1) is 11.6 Å². The number of amides is 2. The van der Waals surface area contributed by atoms with E-state index in [1.54, 1.807) is 18.2 Å². The van der Waals surface area contributed by atoms with Gasteiger partial charge in [0, 0.05) is 11.8 Å². The minimum atomic E-state index is -0.386. The highest BCUT2D eigenvalue weighted by atomic mass is 35.5. The molecule has 0 bridgehead atoms. The molecule has 1 aliphatic rings. The number of hydrogen-bond acceptors (Lipinski definition) is 4. The zero-order valence-corrected chi connectivity index (χ0v) is 17.4. The quantitative estimate of drug-likeness (QED) is 0.729. The average molecular weight is 415 g/mol. The fourth-order valence-corrected chi connectivity index (χ4v) is 3.46. The number of rotatable bonds is 5. The summed E-state index contributed by atoms with van der Waals surface area (Å²) in [4.78, 5) is 24.2. The molecule has 0 saturated carbocycles. The Morgan fingerprint density at radius 1 is 1.07 bits per heavy atom. The van der Waals surface area contributed by atoms with Gasteiger partial charge in [-0.1, -0.05) is 29.3 Å². The molecule has 1 heterocycles. The number of halogens is 1. The molecule has 0 atom stereocenters. The second-order valence-corrected chi connectivity index (χ2v) is 7.31. The van der Waals surface area contributed by atoms with Crippen LogP contribution in [-0.2, 0) is 9.59 Å². The monoisotopic (exact) mass is 414 g/mol. The first kappa shape index (κ1) is 20.7. The van der Waals surface area contributed by atoms with Crippen LogP contribution in [0.3, 0.4) is 0 Å². The first-order chi connectivity index (χ1) is 13.8. The van der Waals surface area contributed by atoms with Crippen LogP contribution in [-0.4, -0.2) is 31.6 Å². The van der Waals surface area contributed by atoms with Crippen LogP contribution in [0.4, 0.5) is 5.69 Å². The molecule has 29 heavy (non-hydrogen) atoms. The second-order valence-electron chi connectivity index (χ2n) is 6.90. The number of carbonyl (C=O) groups excluding carboxylic acids is 2. The van der Waals surface area contributed by atoms with Crippen LogP contribution >= 0.6 is 11.6 Å². The van der Waals surface area contributed by atoms with Crippen molar-refractivity contribution in [1.29, 1.82) is 0 Å². The Morgan fingerprint density at radius 2 is 1.76 bits per heavy atom. The number of carbonyl (C=O) groups is 2. The highest BCUT2D eigenvalue weighted by molar-refractivity contribution is 6.32. The molecular weight excluding hydrogens is 392 g/mol. The van der Waals surface area contributed by atoms with Gasteiger partial charge in [0.1, 0.15) is 13.2 Å². The lowest BCUT2D eigenvalue weighted by molar-refractivity contribution is -0.121. The minimum absolute atomic E-state index is 0.127. The molecule has 2 N–H and O–H groups in total. The summed E-state index contributed by atoms with van der Waals surface area (Å²) >= 11 is 6.19. The predicted octanol–water partition coefficient (Wildman–Crippen LogP) is 3.80. The topological polar surface area (TPSA) is 76.7 Å². The van der Waals surface area contributed by atoms with Gasteiger partial charge in [-0.15, -0.1) is 0 Å². The van der Waals surface area contributed by atoms with Crippen molar-refractivity contribution in [2.24, 2.45) is 0 Å². The summed E-state index contributed by atoms with van der Waals surface area (Å²) in [6, 6.07) is 7.44. The Hall–Kier alpha value is -2.99. The molecule has 0 unspecified atom stereocenters. The molecule has 7 heteroatoms. The van der Waals surface area contributed by atoms with Gasteiger partial charge in [-0.05, 0) is 55.7 Å². The predicted molar refractivity (Wildman–Crippen MR) is 114 cm³/mol. The van der Waals surface area contributed by atoms with Crippen molar-refractivity contribution >= 4 is 35.2 Å². The van der Waals surface area contributed by atoms with Crippen LogP contribution in [0.1, 0.15) is 22.3 Å². The van der Waals surface area contributed by atoms with E-state index in [1.807, 2.05) is 32.9 Å². The van der Waals surface area contributed by atoms with E-state index in [2.05, 4.69) is 10.6 Å². The molecule has 2 aromatic rings. The van der Waals surface area contributed by atoms with E-state index in [4.69, 9.17) is 21.1 Å². The molecule has 0 aromatic heterocycles. The van der Waals surface area contributed by atoms with Crippen LogP contribution in [0.2, 0.25) is 5.02 Å².